The Hall–Kier alpha value is -4.40. The zero-order valence-corrected chi connectivity index (χ0v) is 18.2. The van der Waals surface area contributed by atoms with Crippen LogP contribution in [0.1, 0.15) is 26.3 Å². The molecule has 174 valence electrons. The highest BCUT2D eigenvalue weighted by atomic mass is 19.1. The number of ether oxygens (including phenoxy) is 1. The first-order valence-corrected chi connectivity index (χ1v) is 10.5. The van der Waals surface area contributed by atoms with Gasteiger partial charge in [-0.25, -0.2) is 9.18 Å². The lowest BCUT2D eigenvalue weighted by molar-refractivity contribution is -0.139. The minimum Gasteiger partial charge on any atom is -0.480 e. The zero-order chi connectivity index (χ0) is 24.2. The van der Waals surface area contributed by atoms with Gasteiger partial charge in [0.25, 0.3) is 11.8 Å². The molecule has 8 nitrogen and oxygen atoms in total. The van der Waals surface area contributed by atoms with Gasteiger partial charge in [0.1, 0.15) is 17.6 Å². The Balaban J connectivity index is 1.47. The van der Waals surface area contributed by atoms with Crippen molar-refractivity contribution in [3.05, 3.63) is 89.2 Å². The molecular formula is C25H22FN3O5. The summed E-state index contributed by atoms with van der Waals surface area (Å²) in [7, 11) is 1.57. The number of rotatable bonds is 7. The molecule has 1 atom stereocenters. The van der Waals surface area contributed by atoms with Crippen molar-refractivity contribution >= 4 is 29.2 Å². The molecule has 0 unspecified atom stereocenters. The smallest absolute Gasteiger partial charge is 0.326 e. The van der Waals surface area contributed by atoms with Gasteiger partial charge in [0.2, 0.25) is 0 Å². The van der Waals surface area contributed by atoms with E-state index in [4.69, 9.17) is 4.74 Å². The maximum absolute atomic E-state index is 14.1. The van der Waals surface area contributed by atoms with Crippen LogP contribution in [-0.2, 0) is 11.2 Å². The van der Waals surface area contributed by atoms with Crippen LogP contribution in [0.25, 0.3) is 0 Å². The van der Waals surface area contributed by atoms with Gasteiger partial charge in [0.15, 0.2) is 6.73 Å². The number of aliphatic carboxylic acids is 1. The summed E-state index contributed by atoms with van der Waals surface area (Å²) in [6, 6.07) is 16.5. The van der Waals surface area contributed by atoms with Gasteiger partial charge < -0.3 is 20.5 Å². The Morgan fingerprint density at radius 2 is 1.82 bits per heavy atom. The van der Waals surface area contributed by atoms with Crippen LogP contribution in [-0.4, -0.2) is 42.7 Å². The van der Waals surface area contributed by atoms with Crippen LogP contribution in [0.15, 0.2) is 66.7 Å². The van der Waals surface area contributed by atoms with Gasteiger partial charge in [0.05, 0.1) is 11.3 Å². The number of benzene rings is 3. The fraction of sp³-hybridized carbons (Fsp3) is 0.160. The number of carboxylic acids is 1. The third-order valence-corrected chi connectivity index (χ3v) is 5.49. The van der Waals surface area contributed by atoms with Gasteiger partial charge in [-0.2, -0.15) is 0 Å². The van der Waals surface area contributed by atoms with Crippen LogP contribution in [0.2, 0.25) is 0 Å². The van der Waals surface area contributed by atoms with Gasteiger partial charge in [-0.1, -0.05) is 30.3 Å². The second kappa shape index (κ2) is 9.62. The molecule has 0 radical (unpaired) electrons. The number of fused-ring (bicyclic) bond motifs is 1. The molecule has 3 N–H and O–H groups in total. The van der Waals surface area contributed by atoms with Crippen molar-refractivity contribution in [1.82, 2.24) is 5.32 Å². The monoisotopic (exact) mass is 463 g/mol. The molecule has 0 bridgehead atoms. The molecule has 0 saturated heterocycles. The Morgan fingerprint density at radius 1 is 1.12 bits per heavy atom. The lowest BCUT2D eigenvalue weighted by Gasteiger charge is -2.29. The largest absolute Gasteiger partial charge is 0.480 e. The number of nitrogens with one attached hydrogen (secondary N) is 2. The van der Waals surface area contributed by atoms with E-state index >= 15 is 0 Å². The minimum absolute atomic E-state index is 0.0790. The molecule has 0 spiro atoms. The molecule has 3 aromatic carbocycles. The number of carbonyl (C=O) groups excluding carboxylic acids is 2. The van der Waals surface area contributed by atoms with Gasteiger partial charge in [-0.05, 0) is 35.9 Å². The van der Waals surface area contributed by atoms with Crippen LogP contribution in [0.4, 0.5) is 15.8 Å². The molecule has 9 heteroatoms. The van der Waals surface area contributed by atoms with E-state index in [-0.39, 0.29) is 35.7 Å². The Labute approximate surface area is 195 Å². The molecular weight excluding hydrogens is 441 g/mol. The van der Waals surface area contributed by atoms with E-state index in [0.717, 1.165) is 11.6 Å². The topological polar surface area (TPSA) is 108 Å². The van der Waals surface area contributed by atoms with Crippen LogP contribution in [0.5, 0.6) is 5.75 Å². The molecule has 0 fully saturated rings. The molecule has 4 rings (SSSR count). The van der Waals surface area contributed by atoms with Crippen molar-refractivity contribution in [3.8, 4) is 5.75 Å². The summed E-state index contributed by atoms with van der Waals surface area (Å²) < 4.78 is 19.8. The molecule has 0 aromatic heterocycles. The van der Waals surface area contributed by atoms with E-state index in [2.05, 4.69) is 10.6 Å². The average molecular weight is 463 g/mol. The van der Waals surface area contributed by atoms with Crippen molar-refractivity contribution in [2.75, 3.05) is 24.0 Å². The lowest BCUT2D eigenvalue weighted by Crippen LogP contribution is -2.42. The Kier molecular flexibility index (Phi) is 6.44. The summed E-state index contributed by atoms with van der Waals surface area (Å²) in [5.74, 6) is -2.43. The lowest BCUT2D eigenvalue weighted by atomic mass is 10.1. The van der Waals surface area contributed by atoms with E-state index in [9.17, 15) is 23.9 Å². The van der Waals surface area contributed by atoms with Gasteiger partial charge in [-0.15, -0.1) is 0 Å². The highest BCUT2D eigenvalue weighted by Gasteiger charge is 2.29. The predicted molar refractivity (Wildman–Crippen MR) is 124 cm³/mol. The van der Waals surface area contributed by atoms with E-state index in [1.807, 2.05) is 6.07 Å². The third kappa shape index (κ3) is 4.68. The second-order valence-corrected chi connectivity index (χ2v) is 7.69. The normalized spacial score (nSPS) is 13.5. The predicted octanol–water partition coefficient (Wildman–Crippen LogP) is 3.29. The van der Waals surface area contributed by atoms with Crippen molar-refractivity contribution in [2.45, 2.75) is 12.5 Å². The first-order chi connectivity index (χ1) is 16.4. The average Bonchev–Trinajstić information content (AvgIpc) is 2.84. The molecule has 0 saturated carbocycles. The number of hydrogen-bond acceptors (Lipinski definition) is 5. The van der Waals surface area contributed by atoms with Crippen LogP contribution in [0.3, 0.4) is 0 Å². The number of amides is 2. The molecule has 34 heavy (non-hydrogen) atoms. The highest BCUT2D eigenvalue weighted by molar-refractivity contribution is 6.09. The number of anilines is 2. The number of halogens is 1. The van der Waals surface area contributed by atoms with Crippen LogP contribution < -0.4 is 20.3 Å². The van der Waals surface area contributed by atoms with Gasteiger partial charge in [-0.3, -0.25) is 14.5 Å². The van der Waals surface area contributed by atoms with E-state index in [1.165, 1.54) is 23.1 Å². The maximum atomic E-state index is 14.1. The van der Waals surface area contributed by atoms with Crippen molar-refractivity contribution in [2.24, 2.45) is 0 Å². The molecule has 1 aliphatic rings. The summed E-state index contributed by atoms with van der Waals surface area (Å²) >= 11 is 0. The SMILES string of the molecule is CNc1cc2c(cc1F)C(=O)N(c1ccc(C(=O)N[C@@H](Cc3ccccc3)C(=O)O)cc1)CO2. The van der Waals surface area contributed by atoms with E-state index in [0.29, 0.717) is 5.69 Å². The summed E-state index contributed by atoms with van der Waals surface area (Å²) in [4.78, 5) is 38.5. The number of carboxylic acid groups (broad SMARTS) is 1. The first kappa shape index (κ1) is 22.8. The molecule has 2 amide bonds. The van der Waals surface area contributed by atoms with E-state index < -0.39 is 29.6 Å². The standard InChI is InChI=1S/C25H22FN3O5/c1-27-20-13-22-18(12-19(20)26)24(31)29(14-34-22)17-9-7-16(8-10-17)23(30)28-21(25(32)33)11-15-5-3-2-4-6-15/h2-10,12-13,21,27H,11,14H2,1H3,(H,28,30)(H,32,33)/t21-/m0/s1. The summed E-state index contributed by atoms with van der Waals surface area (Å²) in [6.45, 7) is -0.0790. The first-order valence-electron chi connectivity index (χ1n) is 10.5. The van der Waals surface area contributed by atoms with Crippen LogP contribution >= 0.6 is 0 Å². The van der Waals surface area contributed by atoms with Gasteiger partial charge >= 0.3 is 5.97 Å². The molecule has 3 aromatic rings. The minimum atomic E-state index is -1.14. The number of carbonyl (C=O) groups is 3. The molecule has 1 aliphatic heterocycles. The Bertz CT molecular complexity index is 1230. The summed E-state index contributed by atoms with van der Waals surface area (Å²) in [5, 5.41) is 14.7. The fourth-order valence-electron chi connectivity index (χ4n) is 3.65. The third-order valence-electron chi connectivity index (χ3n) is 5.49. The van der Waals surface area contributed by atoms with Crippen molar-refractivity contribution in [1.29, 1.82) is 0 Å². The van der Waals surface area contributed by atoms with E-state index in [1.54, 1.807) is 43.4 Å². The van der Waals surface area contributed by atoms with Gasteiger partial charge in [0, 0.05) is 30.8 Å². The Morgan fingerprint density at radius 3 is 2.47 bits per heavy atom. The number of nitrogens with zero attached hydrogens (tertiary/aromatic N) is 1. The number of hydrogen-bond donors (Lipinski definition) is 3. The summed E-state index contributed by atoms with van der Waals surface area (Å²) in [5.41, 5.74) is 1.78. The molecule has 1 heterocycles. The highest BCUT2D eigenvalue weighted by Crippen LogP contribution is 2.32. The van der Waals surface area contributed by atoms with Crippen molar-refractivity contribution in [3.63, 3.8) is 0 Å². The summed E-state index contributed by atoms with van der Waals surface area (Å²) in [6.07, 6.45) is 0.144. The fourth-order valence-corrected chi connectivity index (χ4v) is 3.65. The van der Waals surface area contributed by atoms with Crippen molar-refractivity contribution < 1.29 is 28.6 Å². The zero-order valence-electron chi connectivity index (χ0n) is 18.2. The second-order valence-electron chi connectivity index (χ2n) is 7.69. The molecule has 0 aliphatic carbocycles. The maximum Gasteiger partial charge on any atom is 0.326 e. The van der Waals surface area contributed by atoms with Crippen LogP contribution in [0, 0.1) is 5.82 Å². The quantitative estimate of drug-likeness (QED) is 0.496.